The Bertz CT molecular complexity index is 712. The lowest BCUT2D eigenvalue weighted by atomic mass is 9.95. The molecule has 0 saturated carbocycles. The highest BCUT2D eigenvalue weighted by atomic mass is 19.3. The van der Waals surface area contributed by atoms with Crippen LogP contribution in [-0.2, 0) is 4.79 Å². The summed E-state index contributed by atoms with van der Waals surface area (Å²) in [6, 6.07) is 3.29. The van der Waals surface area contributed by atoms with Crippen LogP contribution >= 0.6 is 0 Å². The second-order valence-corrected chi connectivity index (χ2v) is 5.52. The molecule has 0 spiro atoms. The molecule has 24 heavy (non-hydrogen) atoms. The van der Waals surface area contributed by atoms with Crippen LogP contribution in [0.25, 0.3) is 0 Å². The first-order valence-corrected chi connectivity index (χ1v) is 7.33. The number of halogens is 3. The van der Waals surface area contributed by atoms with Crippen LogP contribution in [0.1, 0.15) is 36.2 Å². The number of H-pyrrole nitrogens is 1. The van der Waals surface area contributed by atoms with Gasteiger partial charge in [-0.25, -0.2) is 4.39 Å². The van der Waals surface area contributed by atoms with Gasteiger partial charge in [0.15, 0.2) is 11.6 Å². The zero-order valence-corrected chi connectivity index (χ0v) is 13.5. The fourth-order valence-electron chi connectivity index (χ4n) is 2.65. The molecule has 0 unspecified atom stereocenters. The van der Waals surface area contributed by atoms with Crippen LogP contribution in [0.4, 0.5) is 18.9 Å². The summed E-state index contributed by atoms with van der Waals surface area (Å²) in [6.45, 7) is 2.51. The predicted molar refractivity (Wildman–Crippen MR) is 82.8 cm³/mol. The number of nitrogens with one attached hydrogen (secondary N) is 2. The Balaban J connectivity index is 2.01. The molecule has 0 fully saturated rings. The molecule has 0 radical (unpaired) electrons. The Morgan fingerprint density at radius 2 is 2.08 bits per heavy atom. The highest BCUT2D eigenvalue weighted by Gasteiger charge is 2.18. The van der Waals surface area contributed by atoms with Crippen LogP contribution < -0.4 is 10.1 Å². The Hall–Kier alpha value is -2.51. The third-order valence-electron chi connectivity index (χ3n) is 3.60. The summed E-state index contributed by atoms with van der Waals surface area (Å²) in [6.07, 6.45) is 0.179. The van der Waals surface area contributed by atoms with Crippen LogP contribution in [-0.4, -0.2) is 22.7 Å². The van der Waals surface area contributed by atoms with E-state index in [9.17, 15) is 18.0 Å². The van der Waals surface area contributed by atoms with Crippen LogP contribution in [0.3, 0.4) is 0 Å². The van der Waals surface area contributed by atoms with E-state index < -0.39 is 18.2 Å². The molecule has 0 aliphatic heterocycles. The highest BCUT2D eigenvalue weighted by Crippen LogP contribution is 2.26. The van der Waals surface area contributed by atoms with Crippen molar-refractivity contribution in [1.29, 1.82) is 0 Å². The summed E-state index contributed by atoms with van der Waals surface area (Å²) in [5, 5.41) is 9.50. The van der Waals surface area contributed by atoms with Gasteiger partial charge >= 0.3 is 6.61 Å². The first-order chi connectivity index (χ1) is 11.3. The van der Waals surface area contributed by atoms with Crippen molar-refractivity contribution in [3.8, 4) is 5.75 Å². The molecule has 8 heteroatoms. The highest BCUT2D eigenvalue weighted by molar-refractivity contribution is 5.91. The summed E-state index contributed by atoms with van der Waals surface area (Å²) >= 11 is 0. The second kappa shape index (κ2) is 7.37. The molecular formula is C16H18F3N3O2. The molecule has 2 N–H and O–H groups in total. The molecule has 0 aliphatic rings. The Morgan fingerprint density at radius 1 is 1.38 bits per heavy atom. The largest absolute Gasteiger partial charge is 0.432 e. The number of carbonyl (C=O) groups is 1. The fourth-order valence-corrected chi connectivity index (χ4v) is 2.65. The van der Waals surface area contributed by atoms with Crippen molar-refractivity contribution in [3.05, 3.63) is 41.0 Å². The van der Waals surface area contributed by atoms with Gasteiger partial charge in [0.2, 0.25) is 5.91 Å². The molecule has 5 nitrogen and oxygen atoms in total. The Kier molecular flexibility index (Phi) is 5.48. The first kappa shape index (κ1) is 17.8. The van der Waals surface area contributed by atoms with Gasteiger partial charge in [0.1, 0.15) is 0 Å². The van der Waals surface area contributed by atoms with Gasteiger partial charge < -0.3 is 10.1 Å². The number of anilines is 1. The minimum absolute atomic E-state index is 0.0740. The SMILES string of the molecule is Cc1n[nH]c(C)c1[C@H](C)CC(=O)Nc1ccc(OC(F)F)c(F)c1. The molecule has 0 bridgehead atoms. The second-order valence-electron chi connectivity index (χ2n) is 5.52. The van der Waals surface area contributed by atoms with E-state index in [4.69, 9.17) is 0 Å². The zero-order chi connectivity index (χ0) is 17.9. The number of aryl methyl sites for hydroxylation is 2. The van der Waals surface area contributed by atoms with Crippen molar-refractivity contribution in [2.75, 3.05) is 5.32 Å². The summed E-state index contributed by atoms with van der Waals surface area (Å²) in [5.74, 6) is -1.93. The maximum atomic E-state index is 13.6. The quantitative estimate of drug-likeness (QED) is 0.837. The summed E-state index contributed by atoms with van der Waals surface area (Å²) in [5.41, 5.74) is 2.86. The molecule has 1 aromatic carbocycles. The number of hydrogen-bond acceptors (Lipinski definition) is 3. The van der Waals surface area contributed by atoms with E-state index in [0.717, 1.165) is 29.1 Å². The fraction of sp³-hybridized carbons (Fsp3) is 0.375. The summed E-state index contributed by atoms with van der Waals surface area (Å²) in [7, 11) is 0. The maximum absolute atomic E-state index is 13.6. The van der Waals surface area contributed by atoms with Crippen LogP contribution in [0.5, 0.6) is 5.75 Å². The zero-order valence-electron chi connectivity index (χ0n) is 13.5. The molecule has 1 atom stereocenters. The Morgan fingerprint density at radius 3 is 2.62 bits per heavy atom. The topological polar surface area (TPSA) is 67.0 Å². The van der Waals surface area contributed by atoms with Crippen LogP contribution in [0.2, 0.25) is 0 Å². The van der Waals surface area contributed by atoms with Gasteiger partial charge in [-0.1, -0.05) is 6.92 Å². The minimum atomic E-state index is -3.11. The van der Waals surface area contributed by atoms with Crippen molar-refractivity contribution in [3.63, 3.8) is 0 Å². The number of alkyl halides is 2. The molecule has 130 valence electrons. The van der Waals surface area contributed by atoms with E-state index in [0.29, 0.717) is 0 Å². The average Bonchev–Trinajstić information content (AvgIpc) is 2.80. The molecule has 2 rings (SSSR count). The van der Waals surface area contributed by atoms with Gasteiger partial charge in [-0.15, -0.1) is 0 Å². The molecule has 0 saturated heterocycles. The number of hydrogen-bond donors (Lipinski definition) is 2. The van der Waals surface area contributed by atoms with Crippen molar-refractivity contribution in [2.45, 2.75) is 39.7 Å². The number of ether oxygens (including phenoxy) is 1. The minimum Gasteiger partial charge on any atom is -0.432 e. The molecule has 0 aliphatic carbocycles. The van der Waals surface area contributed by atoms with Gasteiger partial charge in [-0.05, 0) is 37.5 Å². The van der Waals surface area contributed by atoms with Crippen LogP contribution in [0.15, 0.2) is 18.2 Å². The lowest BCUT2D eigenvalue weighted by Crippen LogP contribution is -2.15. The van der Waals surface area contributed by atoms with E-state index in [-0.39, 0.29) is 23.9 Å². The van der Waals surface area contributed by atoms with Gasteiger partial charge in [0, 0.05) is 23.9 Å². The predicted octanol–water partition coefficient (Wildman–Crippen LogP) is 3.90. The smallest absolute Gasteiger partial charge is 0.387 e. The molecule has 1 heterocycles. The van der Waals surface area contributed by atoms with Crippen molar-refractivity contribution in [1.82, 2.24) is 10.2 Å². The third kappa shape index (κ3) is 4.27. The van der Waals surface area contributed by atoms with Gasteiger partial charge in [-0.3, -0.25) is 9.89 Å². The summed E-state index contributed by atoms with van der Waals surface area (Å²) in [4.78, 5) is 12.1. The van der Waals surface area contributed by atoms with E-state index in [2.05, 4.69) is 20.3 Å². The standard InChI is InChI=1S/C16H18F3N3O2/c1-8(15-9(2)21-22-10(15)3)6-14(23)20-11-4-5-13(12(17)7-11)24-16(18)19/h4-5,7-8,16H,6H2,1-3H3,(H,20,23)(H,21,22)/t8-/m1/s1. The normalized spacial score (nSPS) is 12.3. The van der Waals surface area contributed by atoms with Crippen molar-refractivity contribution >= 4 is 11.6 Å². The van der Waals surface area contributed by atoms with Crippen molar-refractivity contribution < 1.29 is 22.7 Å². The van der Waals surface area contributed by atoms with E-state index >= 15 is 0 Å². The third-order valence-corrected chi connectivity index (χ3v) is 3.60. The monoisotopic (exact) mass is 341 g/mol. The molecular weight excluding hydrogens is 323 g/mol. The number of rotatable bonds is 6. The number of benzene rings is 1. The number of amides is 1. The van der Waals surface area contributed by atoms with Gasteiger partial charge in [-0.2, -0.15) is 13.9 Å². The molecule has 1 amide bonds. The van der Waals surface area contributed by atoms with Gasteiger partial charge in [0.25, 0.3) is 0 Å². The van der Waals surface area contributed by atoms with E-state index in [1.54, 1.807) is 0 Å². The Labute approximate surface area is 137 Å². The van der Waals surface area contributed by atoms with E-state index in [1.807, 2.05) is 20.8 Å². The van der Waals surface area contributed by atoms with Crippen molar-refractivity contribution in [2.24, 2.45) is 0 Å². The molecule has 2 aromatic rings. The average molecular weight is 341 g/mol. The molecule has 1 aromatic heterocycles. The number of nitrogens with zero attached hydrogens (tertiary/aromatic N) is 1. The van der Waals surface area contributed by atoms with Gasteiger partial charge in [0.05, 0.1) is 5.69 Å². The van der Waals surface area contributed by atoms with Crippen LogP contribution in [0, 0.1) is 19.7 Å². The summed E-state index contributed by atoms with van der Waals surface area (Å²) < 4.78 is 41.8. The number of aromatic nitrogens is 2. The lowest BCUT2D eigenvalue weighted by molar-refractivity contribution is -0.116. The number of aromatic amines is 1. The number of carbonyl (C=O) groups excluding carboxylic acids is 1. The first-order valence-electron chi connectivity index (χ1n) is 7.33. The lowest BCUT2D eigenvalue weighted by Gasteiger charge is -2.13. The van der Waals surface area contributed by atoms with E-state index in [1.165, 1.54) is 6.07 Å². The maximum Gasteiger partial charge on any atom is 0.387 e.